The van der Waals surface area contributed by atoms with E-state index in [9.17, 15) is 25.5 Å². The van der Waals surface area contributed by atoms with Gasteiger partial charge in [0, 0.05) is 24.3 Å². The minimum Gasteiger partial charge on any atom is -0.389 e. The van der Waals surface area contributed by atoms with Crippen molar-refractivity contribution in [3.8, 4) is 0 Å². The lowest BCUT2D eigenvalue weighted by atomic mass is 10.0. The summed E-state index contributed by atoms with van der Waals surface area (Å²) >= 11 is 1.49. The molecule has 4 heterocycles. The van der Waals surface area contributed by atoms with Gasteiger partial charge in [0.15, 0.2) is 18.4 Å². The average Bonchev–Trinajstić information content (AvgIpc) is 3.46. The Kier molecular flexibility index (Phi) is 8.83. The summed E-state index contributed by atoms with van der Waals surface area (Å²) in [5.41, 5.74) is 6.99. The maximum atomic E-state index is 10.5. The zero-order valence-corrected chi connectivity index (χ0v) is 20.8. The number of rotatable bonds is 10. The summed E-state index contributed by atoms with van der Waals surface area (Å²) in [6.45, 7) is 6.01. The molecular weight excluding hydrogens is 486 g/mol. The molecule has 0 aliphatic carbocycles. The smallest absolute Gasteiger partial charge is 0.190 e. The summed E-state index contributed by atoms with van der Waals surface area (Å²) in [5, 5.41) is 52.3. The highest BCUT2D eigenvalue weighted by atomic mass is 32.2. The normalized spacial score (nSPS) is 41.5. The van der Waals surface area contributed by atoms with Gasteiger partial charge in [0.1, 0.15) is 36.6 Å². The van der Waals surface area contributed by atoms with Gasteiger partial charge in [0.05, 0.1) is 24.5 Å². The summed E-state index contributed by atoms with van der Waals surface area (Å²) in [5.74, 6) is 0.148. The number of thioether (sulfide) groups is 1. The highest BCUT2D eigenvalue weighted by Crippen LogP contribution is 2.38. The van der Waals surface area contributed by atoms with Gasteiger partial charge in [-0.05, 0) is 27.2 Å². The largest absolute Gasteiger partial charge is 0.389 e. The van der Waals surface area contributed by atoms with E-state index in [2.05, 4.69) is 11.0 Å². The summed E-state index contributed by atoms with van der Waals surface area (Å²) < 4.78 is 27.9. The lowest BCUT2D eigenvalue weighted by Gasteiger charge is -2.38. The zero-order valence-electron chi connectivity index (χ0n) is 20.0. The fraction of sp³-hybridized carbons (Fsp3) is 0.905. The van der Waals surface area contributed by atoms with Gasteiger partial charge in [0.2, 0.25) is 0 Å². The number of aliphatic hydroxyl groups is 5. The topological polar surface area (TPSA) is 175 Å². The first-order valence-electron chi connectivity index (χ1n) is 11.8. The van der Waals surface area contributed by atoms with Crippen LogP contribution in [0.3, 0.4) is 0 Å². The van der Waals surface area contributed by atoms with E-state index in [4.69, 9.17) is 23.7 Å². The number of hydrazine groups is 2. The van der Waals surface area contributed by atoms with Crippen LogP contribution in [0.15, 0.2) is 11.9 Å². The highest BCUT2D eigenvalue weighted by Gasteiger charge is 2.55. The predicted octanol–water partition coefficient (Wildman–Crippen LogP) is -2.28. The summed E-state index contributed by atoms with van der Waals surface area (Å²) in [6, 6.07) is 0. The van der Waals surface area contributed by atoms with Gasteiger partial charge in [-0.25, -0.2) is 0 Å². The van der Waals surface area contributed by atoms with Crippen LogP contribution in [0.4, 0.5) is 0 Å². The first-order chi connectivity index (χ1) is 16.6. The number of fused-ring (bicyclic) bond motifs is 1. The van der Waals surface area contributed by atoms with Crippen molar-refractivity contribution < 1.29 is 49.2 Å². The Hall–Kier alpha value is -0.750. The molecule has 0 aromatic rings. The lowest BCUT2D eigenvalue weighted by molar-refractivity contribution is -0.293. The van der Waals surface area contributed by atoms with Crippen molar-refractivity contribution in [2.45, 2.75) is 94.4 Å². The van der Waals surface area contributed by atoms with E-state index in [1.807, 2.05) is 11.2 Å². The van der Waals surface area contributed by atoms with Crippen molar-refractivity contribution in [1.29, 1.82) is 0 Å². The van der Waals surface area contributed by atoms with Crippen LogP contribution in [0.25, 0.3) is 0 Å². The summed E-state index contributed by atoms with van der Waals surface area (Å²) in [7, 11) is 0. The third-order valence-electron chi connectivity index (χ3n) is 6.28. The van der Waals surface area contributed by atoms with E-state index in [0.29, 0.717) is 24.5 Å². The molecule has 0 aromatic heterocycles. The van der Waals surface area contributed by atoms with E-state index in [1.165, 1.54) is 11.8 Å². The molecule has 0 bridgehead atoms. The molecule has 10 atom stereocenters. The third-order valence-corrected chi connectivity index (χ3v) is 7.38. The first kappa shape index (κ1) is 27.3. The second-order valence-electron chi connectivity index (χ2n) is 9.63. The standard InChI is InChI=1S/C21H37N3O10S/c1-10-13(26)14(27)15(28)19(31-10)30-6-4-5-24-7-11(22-23-24)8-35-9-12(25)17-16(29)18-20(32-17)34-21(2,3)33-18/h7,10,12-20,22-23,25-29H,4-6,8-9H2,1-3H3/t10-,12?,13+,14+,15-,16-,17+,18+,19+,20+/m0/s1. The van der Waals surface area contributed by atoms with Gasteiger partial charge in [-0.15, -0.1) is 5.53 Å². The van der Waals surface area contributed by atoms with Crippen molar-refractivity contribution >= 4 is 11.8 Å². The molecule has 0 spiro atoms. The number of nitrogens with zero attached hydrogens (tertiary/aromatic N) is 1. The van der Waals surface area contributed by atoms with Crippen molar-refractivity contribution in [3.63, 3.8) is 0 Å². The molecule has 3 fully saturated rings. The van der Waals surface area contributed by atoms with Crippen LogP contribution in [0.1, 0.15) is 27.2 Å². The van der Waals surface area contributed by atoms with E-state index >= 15 is 0 Å². The van der Waals surface area contributed by atoms with E-state index in [0.717, 1.165) is 5.70 Å². The SMILES string of the molecule is C[C@@H]1O[C@@H](OCCCN2C=C(CSCC(O)[C@H]3O[C@@H]4OC(C)(C)O[C@@H]4[C@H]3O)NN2)[C@@H](O)[C@H](O)[C@@H]1O. The van der Waals surface area contributed by atoms with E-state index < -0.39 is 67.2 Å². The van der Waals surface area contributed by atoms with E-state index in [1.54, 1.807) is 20.8 Å². The Morgan fingerprint density at radius 3 is 2.63 bits per heavy atom. The van der Waals surface area contributed by atoms with Gasteiger partial charge >= 0.3 is 0 Å². The van der Waals surface area contributed by atoms with Gasteiger partial charge < -0.3 is 54.6 Å². The van der Waals surface area contributed by atoms with Crippen molar-refractivity contribution in [3.05, 3.63) is 11.9 Å². The number of aliphatic hydroxyl groups excluding tert-OH is 5. The Morgan fingerprint density at radius 2 is 1.89 bits per heavy atom. The highest BCUT2D eigenvalue weighted by molar-refractivity contribution is 7.99. The van der Waals surface area contributed by atoms with Crippen LogP contribution in [0.5, 0.6) is 0 Å². The maximum absolute atomic E-state index is 10.5. The molecule has 7 N–H and O–H groups in total. The second-order valence-corrected chi connectivity index (χ2v) is 10.7. The van der Waals surface area contributed by atoms with Gasteiger partial charge in [-0.1, -0.05) is 0 Å². The quantitative estimate of drug-likeness (QED) is 0.153. The molecule has 4 rings (SSSR count). The van der Waals surface area contributed by atoms with Crippen LogP contribution in [-0.2, 0) is 23.7 Å². The maximum Gasteiger partial charge on any atom is 0.190 e. The van der Waals surface area contributed by atoms with Crippen molar-refractivity contribution in [1.82, 2.24) is 16.0 Å². The van der Waals surface area contributed by atoms with Crippen molar-refractivity contribution in [2.75, 3.05) is 24.7 Å². The first-order valence-corrected chi connectivity index (χ1v) is 13.0. The molecule has 1 unspecified atom stereocenters. The number of nitrogens with one attached hydrogen (secondary N) is 2. The second kappa shape index (κ2) is 11.3. The van der Waals surface area contributed by atoms with Crippen LogP contribution >= 0.6 is 11.8 Å². The van der Waals surface area contributed by atoms with Crippen LogP contribution in [0.2, 0.25) is 0 Å². The predicted molar refractivity (Wildman–Crippen MR) is 122 cm³/mol. The molecule has 4 aliphatic heterocycles. The Morgan fingerprint density at radius 1 is 1.11 bits per heavy atom. The average molecular weight is 524 g/mol. The molecular formula is C21H37N3O10S. The molecule has 0 amide bonds. The third kappa shape index (κ3) is 6.40. The molecule has 4 aliphatic rings. The molecule has 202 valence electrons. The number of hydrogen-bond acceptors (Lipinski definition) is 14. The molecule has 3 saturated heterocycles. The minimum absolute atomic E-state index is 0.288. The Bertz CT molecular complexity index is 748. The van der Waals surface area contributed by atoms with Crippen LogP contribution < -0.4 is 11.0 Å². The monoisotopic (exact) mass is 523 g/mol. The minimum atomic E-state index is -1.31. The summed E-state index contributed by atoms with van der Waals surface area (Å²) in [6.07, 6.45) is -6.79. The van der Waals surface area contributed by atoms with E-state index in [-0.39, 0.29) is 6.61 Å². The number of ether oxygens (including phenoxy) is 5. The molecule has 0 radical (unpaired) electrons. The fourth-order valence-electron chi connectivity index (χ4n) is 4.39. The molecule has 13 nitrogen and oxygen atoms in total. The summed E-state index contributed by atoms with van der Waals surface area (Å²) in [4.78, 5) is 0. The fourth-order valence-corrected chi connectivity index (χ4v) is 5.31. The number of hydrogen-bond donors (Lipinski definition) is 7. The lowest BCUT2D eigenvalue weighted by Crippen LogP contribution is -2.57. The van der Waals surface area contributed by atoms with Crippen LogP contribution in [0, 0.1) is 0 Å². The molecule has 14 heteroatoms. The van der Waals surface area contributed by atoms with Crippen LogP contribution in [-0.4, -0.2) is 122 Å². The Balaban J connectivity index is 1.11. The molecule has 0 saturated carbocycles. The van der Waals surface area contributed by atoms with Gasteiger partial charge in [0.25, 0.3) is 0 Å². The molecule has 35 heavy (non-hydrogen) atoms. The van der Waals surface area contributed by atoms with Gasteiger partial charge in [-0.3, -0.25) is 5.01 Å². The van der Waals surface area contributed by atoms with Crippen molar-refractivity contribution in [2.24, 2.45) is 0 Å². The Labute approximate surface area is 208 Å². The molecule has 0 aromatic carbocycles. The van der Waals surface area contributed by atoms with Gasteiger partial charge in [-0.2, -0.15) is 11.8 Å². The zero-order chi connectivity index (χ0) is 25.3.